The second-order valence-corrected chi connectivity index (χ2v) is 3.89. The summed E-state index contributed by atoms with van der Waals surface area (Å²) in [6, 6.07) is 0. The van der Waals surface area contributed by atoms with Crippen LogP contribution in [0, 0.1) is 0 Å². The lowest BCUT2D eigenvalue weighted by molar-refractivity contribution is -0.121. The Morgan fingerprint density at radius 3 is 3.20 bits per heavy atom. The van der Waals surface area contributed by atoms with Gasteiger partial charge in [0.05, 0.1) is 11.2 Å². The predicted octanol–water partition coefficient (Wildman–Crippen LogP) is 1.23. The van der Waals surface area contributed by atoms with Gasteiger partial charge in [-0.25, -0.2) is 4.98 Å². The minimum absolute atomic E-state index is 0.0825. The van der Waals surface area contributed by atoms with Crippen LogP contribution in [0.4, 0.5) is 0 Å². The van der Waals surface area contributed by atoms with E-state index in [2.05, 4.69) is 10.3 Å². The molecule has 0 aliphatic heterocycles. The van der Waals surface area contributed by atoms with E-state index in [4.69, 9.17) is 4.74 Å². The Kier molecular flexibility index (Phi) is 5.96. The average Bonchev–Trinajstić information content (AvgIpc) is 2.74. The van der Waals surface area contributed by atoms with Gasteiger partial charge in [-0.15, -0.1) is 11.3 Å². The number of nitrogens with zero attached hydrogens (tertiary/aromatic N) is 1. The highest BCUT2D eigenvalue weighted by Gasteiger charge is 2.02. The fourth-order valence-corrected chi connectivity index (χ4v) is 1.73. The van der Waals surface area contributed by atoms with Gasteiger partial charge in [-0.05, 0) is 12.8 Å². The van der Waals surface area contributed by atoms with Crippen LogP contribution in [0.15, 0.2) is 10.9 Å². The molecule has 1 aromatic heterocycles. The molecule has 0 saturated carbocycles. The average molecular weight is 228 g/mol. The van der Waals surface area contributed by atoms with Crippen LogP contribution in [-0.4, -0.2) is 31.2 Å². The first-order chi connectivity index (χ1) is 7.33. The third-order valence-corrected chi connectivity index (χ3v) is 2.57. The zero-order valence-corrected chi connectivity index (χ0v) is 9.68. The number of rotatable bonds is 7. The summed E-state index contributed by atoms with van der Waals surface area (Å²) in [5.74, 6) is 0.0825. The Morgan fingerprint density at radius 2 is 2.53 bits per heavy atom. The van der Waals surface area contributed by atoms with E-state index in [-0.39, 0.29) is 5.91 Å². The molecule has 84 valence electrons. The van der Waals surface area contributed by atoms with E-state index in [0.29, 0.717) is 19.6 Å². The van der Waals surface area contributed by atoms with Crippen molar-refractivity contribution in [2.45, 2.75) is 19.3 Å². The molecule has 1 N–H and O–H groups in total. The number of aryl methyl sites for hydroxylation is 1. The van der Waals surface area contributed by atoms with Gasteiger partial charge >= 0.3 is 0 Å². The normalized spacial score (nSPS) is 10.2. The van der Waals surface area contributed by atoms with Crippen molar-refractivity contribution in [1.82, 2.24) is 10.3 Å². The van der Waals surface area contributed by atoms with E-state index in [1.165, 1.54) is 0 Å². The Bertz CT molecular complexity index is 275. The third-order valence-electron chi connectivity index (χ3n) is 1.94. The molecule has 1 aromatic rings. The summed E-state index contributed by atoms with van der Waals surface area (Å²) in [5.41, 5.74) is 2.78. The SMILES string of the molecule is COCCCNC(=O)CCc1cscn1. The monoisotopic (exact) mass is 228 g/mol. The molecule has 0 atom stereocenters. The molecular weight excluding hydrogens is 212 g/mol. The summed E-state index contributed by atoms with van der Waals surface area (Å²) in [5, 5.41) is 4.81. The van der Waals surface area contributed by atoms with Crippen molar-refractivity contribution in [3.63, 3.8) is 0 Å². The summed E-state index contributed by atoms with van der Waals surface area (Å²) in [4.78, 5) is 15.4. The Hall–Kier alpha value is -0.940. The lowest BCUT2D eigenvalue weighted by Gasteiger charge is -2.03. The van der Waals surface area contributed by atoms with Crippen LogP contribution >= 0.6 is 11.3 Å². The highest BCUT2D eigenvalue weighted by molar-refractivity contribution is 7.07. The summed E-state index contributed by atoms with van der Waals surface area (Å²) in [7, 11) is 1.66. The molecule has 15 heavy (non-hydrogen) atoms. The number of carbonyl (C=O) groups excluding carboxylic acids is 1. The van der Waals surface area contributed by atoms with E-state index in [1.807, 2.05) is 5.38 Å². The molecule has 0 spiro atoms. The van der Waals surface area contributed by atoms with Gasteiger partial charge in [-0.3, -0.25) is 4.79 Å². The summed E-state index contributed by atoms with van der Waals surface area (Å²) in [6.45, 7) is 1.37. The molecule has 0 unspecified atom stereocenters. The second kappa shape index (κ2) is 7.36. The minimum atomic E-state index is 0.0825. The highest BCUT2D eigenvalue weighted by Crippen LogP contribution is 2.03. The molecule has 0 fully saturated rings. The van der Waals surface area contributed by atoms with Crippen molar-refractivity contribution >= 4 is 17.2 Å². The fraction of sp³-hybridized carbons (Fsp3) is 0.600. The molecular formula is C10H16N2O2S. The number of ether oxygens (including phenoxy) is 1. The maximum Gasteiger partial charge on any atom is 0.220 e. The van der Waals surface area contributed by atoms with Crippen LogP contribution in [-0.2, 0) is 16.0 Å². The van der Waals surface area contributed by atoms with Crippen molar-refractivity contribution in [2.75, 3.05) is 20.3 Å². The van der Waals surface area contributed by atoms with Crippen LogP contribution in [0.25, 0.3) is 0 Å². The topological polar surface area (TPSA) is 51.2 Å². The number of aromatic nitrogens is 1. The Balaban J connectivity index is 2.04. The van der Waals surface area contributed by atoms with Gasteiger partial charge in [-0.2, -0.15) is 0 Å². The second-order valence-electron chi connectivity index (χ2n) is 3.18. The molecule has 1 rings (SSSR count). The van der Waals surface area contributed by atoms with Crippen LogP contribution in [0.3, 0.4) is 0 Å². The number of hydrogen-bond donors (Lipinski definition) is 1. The molecule has 0 radical (unpaired) electrons. The molecule has 0 aliphatic rings. The highest BCUT2D eigenvalue weighted by atomic mass is 32.1. The zero-order valence-electron chi connectivity index (χ0n) is 8.86. The molecule has 0 aliphatic carbocycles. The first-order valence-electron chi connectivity index (χ1n) is 4.95. The fourth-order valence-electron chi connectivity index (χ4n) is 1.14. The van der Waals surface area contributed by atoms with Crippen LogP contribution in [0.5, 0.6) is 0 Å². The zero-order chi connectivity index (χ0) is 10.9. The van der Waals surface area contributed by atoms with Gasteiger partial charge in [0.2, 0.25) is 5.91 Å². The largest absolute Gasteiger partial charge is 0.385 e. The van der Waals surface area contributed by atoms with Crippen molar-refractivity contribution in [3.8, 4) is 0 Å². The molecule has 0 aromatic carbocycles. The minimum Gasteiger partial charge on any atom is -0.385 e. The van der Waals surface area contributed by atoms with E-state index < -0.39 is 0 Å². The standard InChI is InChI=1S/C10H16N2O2S/c1-14-6-2-5-11-10(13)4-3-9-7-15-8-12-9/h7-8H,2-6H2,1H3,(H,11,13). The van der Waals surface area contributed by atoms with Crippen molar-refractivity contribution in [3.05, 3.63) is 16.6 Å². The van der Waals surface area contributed by atoms with Crippen LogP contribution in [0.1, 0.15) is 18.5 Å². The molecule has 0 bridgehead atoms. The third kappa shape index (κ3) is 5.49. The van der Waals surface area contributed by atoms with Crippen LogP contribution < -0.4 is 5.32 Å². The van der Waals surface area contributed by atoms with E-state index in [9.17, 15) is 4.79 Å². The van der Waals surface area contributed by atoms with E-state index in [0.717, 1.165) is 18.5 Å². The first kappa shape index (κ1) is 12.1. The molecule has 5 heteroatoms. The number of hydrogen-bond acceptors (Lipinski definition) is 4. The Labute approximate surface area is 93.7 Å². The lowest BCUT2D eigenvalue weighted by Crippen LogP contribution is -2.25. The van der Waals surface area contributed by atoms with Crippen molar-refractivity contribution in [2.24, 2.45) is 0 Å². The molecule has 0 saturated heterocycles. The van der Waals surface area contributed by atoms with E-state index >= 15 is 0 Å². The Morgan fingerprint density at radius 1 is 1.67 bits per heavy atom. The summed E-state index contributed by atoms with van der Waals surface area (Å²) < 4.78 is 4.88. The number of methoxy groups -OCH3 is 1. The maximum atomic E-state index is 11.3. The quantitative estimate of drug-likeness (QED) is 0.714. The van der Waals surface area contributed by atoms with Gasteiger partial charge in [0.25, 0.3) is 0 Å². The maximum absolute atomic E-state index is 11.3. The van der Waals surface area contributed by atoms with Crippen molar-refractivity contribution in [1.29, 1.82) is 0 Å². The lowest BCUT2D eigenvalue weighted by atomic mass is 10.2. The van der Waals surface area contributed by atoms with Gasteiger partial charge in [0.1, 0.15) is 0 Å². The first-order valence-corrected chi connectivity index (χ1v) is 5.90. The molecule has 1 heterocycles. The number of nitrogens with one attached hydrogen (secondary N) is 1. The molecule has 4 nitrogen and oxygen atoms in total. The number of thiazole rings is 1. The van der Waals surface area contributed by atoms with E-state index in [1.54, 1.807) is 24.0 Å². The van der Waals surface area contributed by atoms with Gasteiger partial charge in [0.15, 0.2) is 0 Å². The van der Waals surface area contributed by atoms with Gasteiger partial charge in [0, 0.05) is 32.1 Å². The summed E-state index contributed by atoms with van der Waals surface area (Å²) in [6.07, 6.45) is 2.09. The van der Waals surface area contributed by atoms with Gasteiger partial charge in [-0.1, -0.05) is 0 Å². The molecule has 1 amide bonds. The smallest absolute Gasteiger partial charge is 0.220 e. The summed E-state index contributed by atoms with van der Waals surface area (Å²) >= 11 is 1.56. The number of amides is 1. The van der Waals surface area contributed by atoms with Crippen LogP contribution in [0.2, 0.25) is 0 Å². The van der Waals surface area contributed by atoms with Gasteiger partial charge < -0.3 is 10.1 Å². The predicted molar refractivity (Wildman–Crippen MR) is 59.9 cm³/mol. The number of carbonyl (C=O) groups is 1. The van der Waals surface area contributed by atoms with Crippen molar-refractivity contribution < 1.29 is 9.53 Å².